The summed E-state index contributed by atoms with van der Waals surface area (Å²) in [4.78, 5) is 15.3. The zero-order valence-electron chi connectivity index (χ0n) is 7.07. The smallest absolute Gasteiger partial charge is 0.305 e. The standard InChI is InChI=1S/C8H4BrF3N2O/c9-4-2-1-3(8(10,11)12)5-6(4)14-7(15)13-5/h1-2H,(H2,13,14,15). The number of H-pyrrole nitrogens is 2. The summed E-state index contributed by atoms with van der Waals surface area (Å²) in [6, 6.07) is 2.16. The maximum Gasteiger partial charge on any atom is 0.418 e. The Hall–Kier alpha value is -1.24. The summed E-state index contributed by atoms with van der Waals surface area (Å²) in [6.07, 6.45) is -4.48. The number of fused-ring (bicyclic) bond motifs is 1. The highest BCUT2D eigenvalue weighted by molar-refractivity contribution is 9.10. The van der Waals surface area contributed by atoms with Crippen LogP contribution >= 0.6 is 15.9 Å². The summed E-state index contributed by atoms with van der Waals surface area (Å²) in [5, 5.41) is 0. The molecule has 0 aliphatic rings. The van der Waals surface area contributed by atoms with E-state index in [0.29, 0.717) is 4.47 Å². The van der Waals surface area contributed by atoms with E-state index in [2.05, 4.69) is 25.9 Å². The van der Waals surface area contributed by atoms with Crippen LogP contribution in [0.15, 0.2) is 21.4 Å². The van der Waals surface area contributed by atoms with E-state index in [1.54, 1.807) is 0 Å². The fraction of sp³-hybridized carbons (Fsp3) is 0.125. The molecule has 0 atom stereocenters. The van der Waals surface area contributed by atoms with Crippen LogP contribution in [0, 0.1) is 0 Å². The zero-order chi connectivity index (χ0) is 11.2. The number of nitrogens with one attached hydrogen (secondary N) is 2. The summed E-state index contributed by atoms with van der Waals surface area (Å²) < 4.78 is 37.9. The largest absolute Gasteiger partial charge is 0.418 e. The summed E-state index contributed by atoms with van der Waals surface area (Å²) in [7, 11) is 0. The topological polar surface area (TPSA) is 48.6 Å². The average molecular weight is 281 g/mol. The lowest BCUT2D eigenvalue weighted by Gasteiger charge is -2.07. The Balaban J connectivity index is 2.89. The predicted molar refractivity (Wildman–Crippen MR) is 51.6 cm³/mol. The lowest BCUT2D eigenvalue weighted by atomic mass is 10.2. The van der Waals surface area contributed by atoms with Gasteiger partial charge in [0.1, 0.15) is 0 Å². The van der Waals surface area contributed by atoms with E-state index in [4.69, 9.17) is 0 Å². The molecule has 1 heterocycles. The predicted octanol–water partition coefficient (Wildman–Crippen LogP) is 2.64. The minimum atomic E-state index is -4.48. The molecular formula is C8H4BrF3N2O. The molecule has 0 saturated heterocycles. The van der Waals surface area contributed by atoms with Gasteiger partial charge in [-0.1, -0.05) is 0 Å². The van der Waals surface area contributed by atoms with E-state index in [0.717, 1.165) is 6.07 Å². The average Bonchev–Trinajstić information content (AvgIpc) is 2.45. The first-order valence-electron chi connectivity index (χ1n) is 3.87. The van der Waals surface area contributed by atoms with Crippen LogP contribution in [0.5, 0.6) is 0 Å². The van der Waals surface area contributed by atoms with Crippen LogP contribution in [-0.2, 0) is 6.18 Å². The van der Waals surface area contributed by atoms with Gasteiger partial charge in [-0.3, -0.25) is 0 Å². The van der Waals surface area contributed by atoms with Gasteiger partial charge < -0.3 is 9.97 Å². The van der Waals surface area contributed by atoms with E-state index in [9.17, 15) is 18.0 Å². The SMILES string of the molecule is O=c1[nH]c2c(Br)ccc(C(F)(F)F)c2[nH]1. The van der Waals surface area contributed by atoms with Crippen molar-refractivity contribution >= 4 is 27.0 Å². The molecule has 1 aromatic carbocycles. The van der Waals surface area contributed by atoms with Crippen molar-refractivity contribution < 1.29 is 13.2 Å². The van der Waals surface area contributed by atoms with Gasteiger partial charge in [-0.05, 0) is 28.1 Å². The number of alkyl halides is 3. The van der Waals surface area contributed by atoms with E-state index >= 15 is 0 Å². The number of benzene rings is 1. The molecule has 2 rings (SSSR count). The molecule has 0 aliphatic carbocycles. The third kappa shape index (κ3) is 1.67. The zero-order valence-corrected chi connectivity index (χ0v) is 8.66. The number of hydrogen-bond acceptors (Lipinski definition) is 1. The van der Waals surface area contributed by atoms with Crippen LogP contribution in [0.25, 0.3) is 11.0 Å². The van der Waals surface area contributed by atoms with Crippen LogP contribution in [0.4, 0.5) is 13.2 Å². The van der Waals surface area contributed by atoms with E-state index < -0.39 is 17.4 Å². The molecule has 0 spiro atoms. The Morgan fingerprint density at radius 2 is 1.73 bits per heavy atom. The normalized spacial score (nSPS) is 12.3. The molecule has 2 aromatic rings. The quantitative estimate of drug-likeness (QED) is 0.766. The van der Waals surface area contributed by atoms with Crippen LogP contribution < -0.4 is 5.69 Å². The van der Waals surface area contributed by atoms with Crippen LogP contribution in [0.1, 0.15) is 5.56 Å². The molecule has 0 fully saturated rings. The number of rotatable bonds is 0. The third-order valence-corrected chi connectivity index (χ3v) is 2.60. The van der Waals surface area contributed by atoms with Crippen molar-refractivity contribution in [3.05, 3.63) is 32.7 Å². The van der Waals surface area contributed by atoms with Gasteiger partial charge in [0.2, 0.25) is 0 Å². The molecule has 1 aromatic heterocycles. The summed E-state index contributed by atoms with van der Waals surface area (Å²) in [5.74, 6) is 0. The Kier molecular flexibility index (Phi) is 2.14. The number of aromatic amines is 2. The molecular weight excluding hydrogens is 277 g/mol. The van der Waals surface area contributed by atoms with Gasteiger partial charge in [0.15, 0.2) is 0 Å². The van der Waals surface area contributed by atoms with E-state index in [1.807, 2.05) is 0 Å². The first-order valence-corrected chi connectivity index (χ1v) is 4.66. The van der Waals surface area contributed by atoms with Crippen molar-refractivity contribution in [2.45, 2.75) is 6.18 Å². The van der Waals surface area contributed by atoms with Gasteiger partial charge >= 0.3 is 11.9 Å². The highest BCUT2D eigenvalue weighted by Crippen LogP contribution is 2.35. The van der Waals surface area contributed by atoms with Crippen molar-refractivity contribution in [2.24, 2.45) is 0 Å². The summed E-state index contributed by atoms with van der Waals surface area (Å²) >= 11 is 3.05. The molecule has 0 unspecified atom stereocenters. The maximum atomic E-state index is 12.5. The van der Waals surface area contributed by atoms with Crippen molar-refractivity contribution in [3.8, 4) is 0 Å². The number of aromatic nitrogens is 2. The number of imidazole rings is 1. The molecule has 2 N–H and O–H groups in total. The highest BCUT2D eigenvalue weighted by Gasteiger charge is 2.33. The van der Waals surface area contributed by atoms with Gasteiger partial charge in [0.25, 0.3) is 0 Å². The van der Waals surface area contributed by atoms with Crippen molar-refractivity contribution in [2.75, 3.05) is 0 Å². The van der Waals surface area contributed by atoms with Gasteiger partial charge in [0, 0.05) is 4.47 Å². The molecule has 0 saturated carbocycles. The lowest BCUT2D eigenvalue weighted by molar-refractivity contribution is -0.136. The van der Waals surface area contributed by atoms with Crippen molar-refractivity contribution in [1.29, 1.82) is 0 Å². The van der Waals surface area contributed by atoms with E-state index in [-0.39, 0.29) is 11.0 Å². The van der Waals surface area contributed by atoms with Crippen LogP contribution in [0.2, 0.25) is 0 Å². The maximum absolute atomic E-state index is 12.5. The van der Waals surface area contributed by atoms with Crippen molar-refractivity contribution in [3.63, 3.8) is 0 Å². The van der Waals surface area contributed by atoms with Crippen LogP contribution in [0.3, 0.4) is 0 Å². The molecule has 15 heavy (non-hydrogen) atoms. The van der Waals surface area contributed by atoms with Crippen molar-refractivity contribution in [1.82, 2.24) is 9.97 Å². The molecule has 7 heteroatoms. The second-order valence-corrected chi connectivity index (χ2v) is 3.78. The Morgan fingerprint density at radius 1 is 1.13 bits per heavy atom. The first kappa shape index (κ1) is 10.3. The monoisotopic (exact) mass is 280 g/mol. The number of hydrogen-bond donors (Lipinski definition) is 2. The lowest BCUT2D eigenvalue weighted by Crippen LogP contribution is -2.06. The minimum Gasteiger partial charge on any atom is -0.305 e. The fourth-order valence-corrected chi connectivity index (χ4v) is 1.75. The van der Waals surface area contributed by atoms with E-state index in [1.165, 1.54) is 6.07 Å². The Morgan fingerprint density at radius 3 is 2.33 bits per heavy atom. The Labute approximate surface area is 89.4 Å². The first-order chi connectivity index (χ1) is 6.89. The molecule has 0 bridgehead atoms. The van der Waals surface area contributed by atoms with Gasteiger partial charge in [-0.2, -0.15) is 13.2 Å². The third-order valence-electron chi connectivity index (χ3n) is 1.94. The minimum absolute atomic E-state index is 0.120. The molecule has 0 amide bonds. The Bertz CT molecular complexity index is 569. The second-order valence-electron chi connectivity index (χ2n) is 2.92. The molecule has 3 nitrogen and oxygen atoms in total. The highest BCUT2D eigenvalue weighted by atomic mass is 79.9. The summed E-state index contributed by atoms with van der Waals surface area (Å²) in [6.45, 7) is 0. The number of halogens is 4. The summed E-state index contributed by atoms with van der Waals surface area (Å²) in [5.41, 5.74) is -1.64. The second kappa shape index (κ2) is 3.13. The molecule has 80 valence electrons. The van der Waals surface area contributed by atoms with Gasteiger partial charge in [-0.25, -0.2) is 4.79 Å². The molecule has 0 aliphatic heterocycles. The van der Waals surface area contributed by atoms with Crippen LogP contribution in [-0.4, -0.2) is 9.97 Å². The van der Waals surface area contributed by atoms with Gasteiger partial charge in [-0.15, -0.1) is 0 Å². The fourth-order valence-electron chi connectivity index (χ4n) is 1.32. The van der Waals surface area contributed by atoms with Gasteiger partial charge in [0.05, 0.1) is 16.6 Å². The molecule has 0 radical (unpaired) electrons.